The van der Waals surface area contributed by atoms with E-state index in [0.717, 1.165) is 31.6 Å². The van der Waals surface area contributed by atoms with Crippen molar-refractivity contribution in [1.29, 1.82) is 0 Å². The maximum absolute atomic E-state index is 11.8. The minimum atomic E-state index is -1.27. The predicted octanol–water partition coefficient (Wildman–Crippen LogP) is 0.811. The number of amides is 1. The second-order valence-electron chi connectivity index (χ2n) is 4.92. The SMILES string of the molecule is CC1CCC(NC(=O)C(C)S(=O)CCO)CC1. The Kier molecular flexibility index (Phi) is 6.12. The molecule has 0 spiro atoms. The van der Waals surface area contributed by atoms with Crippen molar-refractivity contribution in [2.45, 2.75) is 50.8 Å². The molecule has 100 valence electrons. The third-order valence-corrected chi connectivity index (χ3v) is 5.01. The van der Waals surface area contributed by atoms with Gasteiger partial charge in [0.1, 0.15) is 5.25 Å². The first-order chi connectivity index (χ1) is 8.04. The van der Waals surface area contributed by atoms with Crippen LogP contribution in [-0.4, -0.2) is 38.9 Å². The average Bonchev–Trinajstić information content (AvgIpc) is 2.31. The van der Waals surface area contributed by atoms with Crippen molar-refractivity contribution in [3.8, 4) is 0 Å². The smallest absolute Gasteiger partial charge is 0.235 e. The molecule has 1 aliphatic rings. The molecule has 2 N–H and O–H groups in total. The van der Waals surface area contributed by atoms with Crippen LogP contribution in [0.4, 0.5) is 0 Å². The Bertz CT molecular complexity index is 275. The highest BCUT2D eigenvalue weighted by molar-refractivity contribution is 7.86. The van der Waals surface area contributed by atoms with Crippen LogP contribution in [0, 0.1) is 5.92 Å². The maximum atomic E-state index is 11.8. The zero-order valence-corrected chi connectivity index (χ0v) is 11.5. The number of hydrogen-bond donors (Lipinski definition) is 2. The summed E-state index contributed by atoms with van der Waals surface area (Å²) in [4.78, 5) is 11.8. The third kappa shape index (κ3) is 4.76. The molecule has 17 heavy (non-hydrogen) atoms. The van der Waals surface area contributed by atoms with Gasteiger partial charge in [0.15, 0.2) is 0 Å². The van der Waals surface area contributed by atoms with Crippen molar-refractivity contribution in [1.82, 2.24) is 5.32 Å². The molecule has 0 aromatic carbocycles. The first-order valence-electron chi connectivity index (χ1n) is 6.33. The molecule has 5 heteroatoms. The van der Waals surface area contributed by atoms with E-state index in [1.54, 1.807) is 6.92 Å². The van der Waals surface area contributed by atoms with Gasteiger partial charge < -0.3 is 10.4 Å². The number of rotatable bonds is 5. The lowest BCUT2D eigenvalue weighted by molar-refractivity contribution is -0.121. The lowest BCUT2D eigenvalue weighted by atomic mass is 9.87. The van der Waals surface area contributed by atoms with Crippen molar-refractivity contribution in [3.63, 3.8) is 0 Å². The molecule has 0 aromatic heterocycles. The fraction of sp³-hybridized carbons (Fsp3) is 0.917. The Hall–Kier alpha value is -0.420. The summed E-state index contributed by atoms with van der Waals surface area (Å²) in [6, 6.07) is 0.243. The van der Waals surface area contributed by atoms with Crippen molar-refractivity contribution >= 4 is 16.7 Å². The van der Waals surface area contributed by atoms with Crippen molar-refractivity contribution in [2.75, 3.05) is 12.4 Å². The molecule has 4 nitrogen and oxygen atoms in total. The van der Waals surface area contributed by atoms with Gasteiger partial charge in [-0.05, 0) is 38.5 Å². The van der Waals surface area contributed by atoms with E-state index in [2.05, 4.69) is 12.2 Å². The molecular weight excluding hydrogens is 238 g/mol. The van der Waals surface area contributed by atoms with E-state index >= 15 is 0 Å². The van der Waals surface area contributed by atoms with Gasteiger partial charge in [-0.25, -0.2) is 0 Å². The van der Waals surface area contributed by atoms with Crippen molar-refractivity contribution in [2.24, 2.45) is 5.92 Å². The lowest BCUT2D eigenvalue weighted by Crippen LogP contribution is -2.43. The molecule has 1 saturated carbocycles. The van der Waals surface area contributed by atoms with E-state index in [-0.39, 0.29) is 24.3 Å². The number of carbonyl (C=O) groups excluding carboxylic acids is 1. The zero-order valence-electron chi connectivity index (χ0n) is 10.6. The fourth-order valence-corrected chi connectivity index (χ4v) is 2.95. The van der Waals surface area contributed by atoms with Gasteiger partial charge in [-0.1, -0.05) is 6.92 Å². The van der Waals surface area contributed by atoms with Gasteiger partial charge in [-0.2, -0.15) is 0 Å². The van der Waals surface area contributed by atoms with E-state index in [1.807, 2.05) is 0 Å². The number of aliphatic hydroxyl groups excluding tert-OH is 1. The Morgan fingerprint density at radius 1 is 1.41 bits per heavy atom. The van der Waals surface area contributed by atoms with Crippen LogP contribution in [0.15, 0.2) is 0 Å². The van der Waals surface area contributed by atoms with Gasteiger partial charge in [0.05, 0.1) is 6.61 Å². The molecule has 0 bridgehead atoms. The van der Waals surface area contributed by atoms with Crippen LogP contribution in [-0.2, 0) is 15.6 Å². The summed E-state index contributed by atoms with van der Waals surface area (Å²) in [5, 5.41) is 11.1. The molecular formula is C12H23NO3S. The Morgan fingerprint density at radius 3 is 2.53 bits per heavy atom. The van der Waals surface area contributed by atoms with Gasteiger partial charge in [-0.15, -0.1) is 0 Å². The molecule has 1 amide bonds. The summed E-state index contributed by atoms with van der Waals surface area (Å²) >= 11 is 0. The Balaban J connectivity index is 2.35. The molecule has 0 aromatic rings. The summed E-state index contributed by atoms with van der Waals surface area (Å²) in [6.07, 6.45) is 4.34. The third-order valence-electron chi connectivity index (χ3n) is 3.42. The fourth-order valence-electron chi connectivity index (χ4n) is 2.11. The second-order valence-corrected chi connectivity index (χ2v) is 6.79. The molecule has 1 fully saturated rings. The molecule has 0 aliphatic heterocycles. The topological polar surface area (TPSA) is 66.4 Å². The van der Waals surface area contributed by atoms with Crippen molar-refractivity contribution < 1.29 is 14.1 Å². The summed E-state index contributed by atoms with van der Waals surface area (Å²) in [6.45, 7) is 3.76. The monoisotopic (exact) mass is 261 g/mol. The molecule has 0 radical (unpaired) electrons. The summed E-state index contributed by atoms with van der Waals surface area (Å²) in [5.74, 6) is 0.788. The molecule has 2 atom stereocenters. The van der Waals surface area contributed by atoms with Gasteiger partial charge in [-0.3, -0.25) is 9.00 Å². The van der Waals surface area contributed by atoms with Gasteiger partial charge in [0.25, 0.3) is 0 Å². The number of nitrogens with one attached hydrogen (secondary N) is 1. The summed E-state index contributed by atoms with van der Waals surface area (Å²) < 4.78 is 11.6. The van der Waals surface area contributed by atoms with Crippen LogP contribution in [0.1, 0.15) is 39.5 Å². The van der Waals surface area contributed by atoms with E-state index < -0.39 is 16.0 Å². The van der Waals surface area contributed by atoms with E-state index in [9.17, 15) is 9.00 Å². The maximum Gasteiger partial charge on any atom is 0.235 e. The highest BCUT2D eigenvalue weighted by Gasteiger charge is 2.24. The Morgan fingerprint density at radius 2 is 2.00 bits per heavy atom. The standard InChI is InChI=1S/C12H23NO3S/c1-9-3-5-11(6-4-9)13-12(15)10(2)17(16)8-7-14/h9-11,14H,3-8H2,1-2H3,(H,13,15). The number of hydrogen-bond acceptors (Lipinski definition) is 3. The summed E-state index contributed by atoms with van der Waals surface area (Å²) in [7, 11) is -1.27. The van der Waals surface area contributed by atoms with Crippen LogP contribution in [0.3, 0.4) is 0 Å². The van der Waals surface area contributed by atoms with E-state index in [1.165, 1.54) is 0 Å². The average molecular weight is 261 g/mol. The predicted molar refractivity (Wildman–Crippen MR) is 69.1 cm³/mol. The number of aliphatic hydroxyl groups is 1. The highest BCUT2D eigenvalue weighted by atomic mass is 32.2. The van der Waals surface area contributed by atoms with Crippen LogP contribution >= 0.6 is 0 Å². The molecule has 2 unspecified atom stereocenters. The normalized spacial score (nSPS) is 28.4. The molecule has 0 heterocycles. The molecule has 1 aliphatic carbocycles. The molecule has 1 rings (SSSR count). The van der Waals surface area contributed by atoms with Crippen LogP contribution < -0.4 is 5.32 Å². The van der Waals surface area contributed by atoms with Gasteiger partial charge in [0, 0.05) is 22.6 Å². The van der Waals surface area contributed by atoms with Crippen LogP contribution in [0.5, 0.6) is 0 Å². The van der Waals surface area contributed by atoms with Crippen LogP contribution in [0.2, 0.25) is 0 Å². The minimum absolute atomic E-state index is 0.134. The zero-order chi connectivity index (χ0) is 12.8. The lowest BCUT2D eigenvalue weighted by Gasteiger charge is -2.27. The largest absolute Gasteiger partial charge is 0.395 e. The van der Waals surface area contributed by atoms with Crippen LogP contribution in [0.25, 0.3) is 0 Å². The van der Waals surface area contributed by atoms with Gasteiger partial charge >= 0.3 is 0 Å². The number of carbonyl (C=O) groups is 1. The van der Waals surface area contributed by atoms with Crippen molar-refractivity contribution in [3.05, 3.63) is 0 Å². The Labute approximate surface area is 106 Å². The second kappa shape index (κ2) is 7.11. The quantitative estimate of drug-likeness (QED) is 0.769. The first-order valence-corrected chi connectivity index (χ1v) is 7.71. The first kappa shape index (κ1) is 14.6. The summed E-state index contributed by atoms with van der Waals surface area (Å²) in [5.41, 5.74) is 0. The van der Waals surface area contributed by atoms with E-state index in [0.29, 0.717) is 0 Å². The van der Waals surface area contributed by atoms with E-state index in [4.69, 9.17) is 5.11 Å². The van der Waals surface area contributed by atoms with Gasteiger partial charge in [0.2, 0.25) is 5.91 Å². The highest BCUT2D eigenvalue weighted by Crippen LogP contribution is 2.23. The minimum Gasteiger partial charge on any atom is -0.395 e. The molecule has 0 saturated heterocycles.